The third-order valence-electron chi connectivity index (χ3n) is 13.8. The zero-order valence-electron chi connectivity index (χ0n) is 41.4. The number of ether oxygens (including phenoxy) is 2. The summed E-state index contributed by atoms with van der Waals surface area (Å²) >= 11 is 7.06. The van der Waals surface area contributed by atoms with Crippen molar-refractivity contribution in [3.63, 3.8) is 0 Å². The third-order valence-corrected chi connectivity index (χ3v) is 18.7. The molecule has 4 aromatic rings. The van der Waals surface area contributed by atoms with Crippen LogP contribution in [0.25, 0.3) is 11.1 Å². The molecule has 2 aromatic heterocycles. The van der Waals surface area contributed by atoms with E-state index in [4.69, 9.17) is 30.5 Å². The summed E-state index contributed by atoms with van der Waals surface area (Å²) in [5.74, 6) is -0.903. The van der Waals surface area contributed by atoms with Gasteiger partial charge in [0.1, 0.15) is 17.0 Å². The normalized spacial score (nSPS) is 17.8. The minimum Gasteiger partial charge on any atom is -0.469 e. The summed E-state index contributed by atoms with van der Waals surface area (Å²) in [6.45, 7) is 24.8. The number of anilines is 2. The highest BCUT2D eigenvalue weighted by molar-refractivity contribution is 6.74. The second-order valence-electron chi connectivity index (χ2n) is 20.9. The number of rotatable bonds is 13. The first kappa shape index (κ1) is 51.2. The number of methoxy groups -OCH3 is 1. The zero-order valence-corrected chi connectivity index (χ0v) is 43.2. The second-order valence-corrected chi connectivity index (χ2v) is 26.1. The van der Waals surface area contributed by atoms with Gasteiger partial charge in [0.15, 0.2) is 8.32 Å². The topological polar surface area (TPSA) is 152 Å². The van der Waals surface area contributed by atoms with Gasteiger partial charge in [0.05, 0.1) is 42.1 Å². The minimum atomic E-state index is -2.03. The summed E-state index contributed by atoms with van der Waals surface area (Å²) in [6, 6.07) is 16.6. The van der Waals surface area contributed by atoms with E-state index in [9.17, 15) is 19.2 Å². The fraction of sp³-hybridized carbons (Fsp3) is 0.500. The number of hydrogen-bond acceptors (Lipinski definition) is 10. The number of nitrogens with one attached hydrogen (secondary N) is 2. The molecule has 1 aliphatic carbocycles. The Labute approximate surface area is 402 Å². The van der Waals surface area contributed by atoms with Gasteiger partial charge in [-0.3, -0.25) is 24.3 Å². The Morgan fingerprint density at radius 2 is 1.55 bits per heavy atom. The number of carbonyl (C=O) groups excluding carboxylic acids is 4. The number of halogens is 1. The fourth-order valence-corrected chi connectivity index (χ4v) is 9.89. The van der Waals surface area contributed by atoms with Gasteiger partial charge in [-0.15, -0.1) is 0 Å². The summed E-state index contributed by atoms with van der Waals surface area (Å²) < 4.78 is 17.2. The van der Waals surface area contributed by atoms with Crippen molar-refractivity contribution in [2.24, 2.45) is 5.41 Å². The van der Waals surface area contributed by atoms with Crippen LogP contribution < -0.4 is 10.6 Å². The van der Waals surface area contributed by atoms with E-state index in [0.717, 1.165) is 66.6 Å². The molecule has 0 radical (unpaired) electrons. The van der Waals surface area contributed by atoms with Crippen molar-refractivity contribution < 1.29 is 33.1 Å². The van der Waals surface area contributed by atoms with E-state index in [-0.39, 0.29) is 29.2 Å². The molecule has 2 aliphatic rings. The van der Waals surface area contributed by atoms with Crippen molar-refractivity contribution in [2.45, 2.75) is 137 Å². The van der Waals surface area contributed by atoms with E-state index in [1.165, 1.54) is 12.7 Å². The van der Waals surface area contributed by atoms with Crippen LogP contribution in [0.15, 0.2) is 60.8 Å². The molecule has 1 aliphatic heterocycles. The average molecular weight is 954 g/mol. The number of benzene rings is 2. The lowest BCUT2D eigenvalue weighted by molar-refractivity contribution is -0.154. The van der Waals surface area contributed by atoms with Crippen molar-refractivity contribution in [3.05, 3.63) is 105 Å². The molecular weight excluding hydrogens is 884 g/mol. The van der Waals surface area contributed by atoms with Crippen molar-refractivity contribution in [1.29, 1.82) is 0 Å². The standard InChI is InChI=1S/C52H69ClN6O7Si/c1-33-29-43(55-44-32-58(26-23-37(33)44)36-21-24-52(9,25-22-36)48(62)64-10)47(61)57-41-18-14-16-39(45(41)53)38-15-13-17-40(34(38)2)56-46(60)42-20-19-35(30-54-42)31-59(49(63)66-50(3,4)5)27-28-65-67(11,12)51(6,7)8/h13-20,29-30,36H,21-28,31-32H2,1-12H3,(H,56,60)(H,57,61). The molecule has 0 atom stereocenters. The van der Waals surface area contributed by atoms with Crippen LogP contribution >= 0.6 is 11.6 Å². The van der Waals surface area contributed by atoms with E-state index in [1.54, 1.807) is 29.3 Å². The lowest BCUT2D eigenvalue weighted by Gasteiger charge is -2.42. The summed E-state index contributed by atoms with van der Waals surface area (Å²) in [7, 11) is -0.576. The van der Waals surface area contributed by atoms with Gasteiger partial charge in [-0.25, -0.2) is 9.78 Å². The molecule has 2 aromatic carbocycles. The van der Waals surface area contributed by atoms with Crippen LogP contribution in [-0.4, -0.2) is 90.4 Å². The quantitative estimate of drug-likeness (QED) is 0.0978. The maximum Gasteiger partial charge on any atom is 0.410 e. The summed E-state index contributed by atoms with van der Waals surface area (Å²) in [6.07, 6.45) is 5.37. The maximum atomic E-state index is 13.9. The highest BCUT2D eigenvalue weighted by Gasteiger charge is 2.41. The Hall–Kier alpha value is -5.15. The van der Waals surface area contributed by atoms with Crippen molar-refractivity contribution in [3.8, 4) is 11.1 Å². The van der Waals surface area contributed by atoms with Crippen LogP contribution in [0.5, 0.6) is 0 Å². The molecule has 67 heavy (non-hydrogen) atoms. The van der Waals surface area contributed by atoms with Crippen LogP contribution in [0.1, 0.15) is 123 Å². The van der Waals surface area contributed by atoms with E-state index in [1.807, 2.05) is 77.9 Å². The Morgan fingerprint density at radius 1 is 0.910 bits per heavy atom. The molecule has 1 fully saturated rings. The molecule has 360 valence electrons. The largest absolute Gasteiger partial charge is 0.469 e. The van der Waals surface area contributed by atoms with Gasteiger partial charge >= 0.3 is 12.1 Å². The van der Waals surface area contributed by atoms with Crippen molar-refractivity contribution >= 4 is 55.2 Å². The lowest BCUT2D eigenvalue weighted by atomic mass is 9.73. The van der Waals surface area contributed by atoms with E-state index in [0.29, 0.717) is 53.4 Å². The van der Waals surface area contributed by atoms with Gasteiger partial charge in [0.25, 0.3) is 11.8 Å². The third kappa shape index (κ3) is 12.3. The molecule has 1 saturated carbocycles. The van der Waals surface area contributed by atoms with Crippen LogP contribution in [-0.2, 0) is 38.2 Å². The Morgan fingerprint density at radius 3 is 2.18 bits per heavy atom. The Bertz CT molecular complexity index is 2470. The number of pyridine rings is 2. The minimum absolute atomic E-state index is 0.0308. The molecule has 0 bridgehead atoms. The average Bonchev–Trinajstić information content (AvgIpc) is 3.26. The summed E-state index contributed by atoms with van der Waals surface area (Å²) in [5, 5.41) is 6.40. The van der Waals surface area contributed by atoms with Gasteiger partial charge in [0.2, 0.25) is 0 Å². The number of fused-ring (bicyclic) bond motifs is 1. The van der Waals surface area contributed by atoms with Crippen molar-refractivity contribution in [2.75, 3.05) is 37.4 Å². The molecule has 3 heterocycles. The monoisotopic (exact) mass is 952 g/mol. The molecule has 0 unspecified atom stereocenters. The highest BCUT2D eigenvalue weighted by atomic mass is 35.5. The predicted octanol–water partition coefficient (Wildman–Crippen LogP) is 11.2. The van der Waals surface area contributed by atoms with Crippen LogP contribution in [0.2, 0.25) is 23.2 Å². The number of hydrogen-bond donors (Lipinski definition) is 2. The van der Waals surface area contributed by atoms with E-state index in [2.05, 4.69) is 54.4 Å². The zero-order chi connectivity index (χ0) is 49.1. The van der Waals surface area contributed by atoms with Gasteiger partial charge < -0.3 is 29.4 Å². The fourth-order valence-electron chi connectivity index (χ4n) is 8.58. The number of aromatic nitrogens is 2. The number of nitrogens with zero attached hydrogens (tertiary/aromatic N) is 4. The Kier molecular flexibility index (Phi) is 15.8. The van der Waals surface area contributed by atoms with Gasteiger partial charge in [-0.1, -0.05) is 62.7 Å². The SMILES string of the molecule is COC(=O)C1(C)CCC(N2CCc3c(C)cc(C(=O)Nc4cccc(-c5cccc(NC(=O)c6ccc(CN(CCO[Si](C)(C)C(C)(C)C)C(=O)OC(C)(C)C)cn6)c5C)c4Cl)nc3C2)CC1. The molecule has 6 rings (SSSR count). The molecular formula is C52H69ClN6O7Si. The van der Waals surface area contributed by atoms with Gasteiger partial charge in [-0.05, 0) is 144 Å². The van der Waals surface area contributed by atoms with Gasteiger partial charge in [0, 0.05) is 43.1 Å². The molecule has 0 saturated heterocycles. The first-order valence-electron chi connectivity index (χ1n) is 23.3. The first-order valence-corrected chi connectivity index (χ1v) is 26.6. The molecule has 0 spiro atoms. The summed E-state index contributed by atoms with van der Waals surface area (Å²) in [4.78, 5) is 66.6. The maximum absolute atomic E-state index is 13.9. The van der Waals surface area contributed by atoms with Gasteiger partial charge in [-0.2, -0.15) is 0 Å². The highest BCUT2D eigenvalue weighted by Crippen LogP contribution is 2.41. The smallest absolute Gasteiger partial charge is 0.410 e. The van der Waals surface area contributed by atoms with Crippen LogP contribution in [0.4, 0.5) is 16.2 Å². The number of carbonyl (C=O) groups is 4. The first-order chi connectivity index (χ1) is 31.4. The second kappa shape index (κ2) is 20.6. The Balaban J connectivity index is 1.11. The van der Waals surface area contributed by atoms with Crippen molar-refractivity contribution in [1.82, 2.24) is 19.8 Å². The number of amides is 3. The molecule has 3 amide bonds. The molecule has 13 nitrogen and oxygen atoms in total. The molecule has 2 N–H and O–H groups in total. The van der Waals surface area contributed by atoms with Crippen LogP contribution in [0, 0.1) is 19.3 Å². The number of aryl methyl sites for hydroxylation is 1. The predicted molar refractivity (Wildman–Crippen MR) is 267 cm³/mol. The van der Waals surface area contributed by atoms with E-state index >= 15 is 0 Å². The lowest BCUT2D eigenvalue weighted by Crippen LogP contribution is -2.45. The summed E-state index contributed by atoms with van der Waals surface area (Å²) in [5.41, 5.74) is 6.50. The van der Waals surface area contributed by atoms with Crippen LogP contribution in [0.3, 0.4) is 0 Å². The molecule has 15 heteroatoms. The number of esters is 1. The van der Waals surface area contributed by atoms with E-state index < -0.39 is 31.3 Å².